The first kappa shape index (κ1) is 17.8. The van der Waals surface area contributed by atoms with Crippen LogP contribution in [0.2, 0.25) is 5.02 Å². The lowest BCUT2D eigenvalue weighted by Crippen LogP contribution is -2.41. The molecule has 1 aliphatic rings. The minimum absolute atomic E-state index is 0.0453. The summed E-state index contributed by atoms with van der Waals surface area (Å²) >= 11 is 5.97. The molecule has 134 valence electrons. The first-order valence-electron chi connectivity index (χ1n) is 8.80. The topological polar surface area (TPSA) is 50.2 Å². The predicted octanol–water partition coefficient (Wildman–Crippen LogP) is 4.84. The largest absolute Gasteiger partial charge is 0.332 e. The maximum absolute atomic E-state index is 12.5. The number of carbonyl (C=O) groups excluding carboxylic acids is 1. The molecule has 3 rings (SSSR count). The van der Waals surface area contributed by atoms with Crippen LogP contribution < -0.4 is 5.32 Å². The molecule has 0 spiro atoms. The standard InChI is InChI=1S/C19H25ClN4O/c1-13(2)24-11-8-21-18(24)15-6-9-23(10-7-15)19(25)22-17-5-4-16(20)12-14(17)3/h4-5,8,11-13,15H,6-7,9-10H2,1-3H3,(H,22,25). The zero-order chi connectivity index (χ0) is 18.0. The molecule has 1 N–H and O–H groups in total. The molecule has 6 heteroatoms. The zero-order valence-electron chi connectivity index (χ0n) is 15.0. The van der Waals surface area contributed by atoms with E-state index in [0.29, 0.717) is 17.0 Å². The third-order valence-corrected chi connectivity index (χ3v) is 5.07. The number of imidazole rings is 1. The van der Waals surface area contributed by atoms with Gasteiger partial charge in [0, 0.05) is 48.2 Å². The second kappa shape index (κ2) is 7.48. The lowest BCUT2D eigenvalue weighted by molar-refractivity contribution is 0.192. The molecule has 5 nitrogen and oxygen atoms in total. The lowest BCUT2D eigenvalue weighted by Gasteiger charge is -2.32. The number of amides is 2. The van der Waals surface area contributed by atoms with Crippen molar-refractivity contribution in [2.24, 2.45) is 0 Å². The highest BCUT2D eigenvalue weighted by atomic mass is 35.5. The van der Waals surface area contributed by atoms with E-state index in [2.05, 4.69) is 28.7 Å². The Bertz CT molecular complexity index is 748. The van der Waals surface area contributed by atoms with E-state index < -0.39 is 0 Å². The van der Waals surface area contributed by atoms with Gasteiger partial charge in [0.05, 0.1) is 0 Å². The van der Waals surface area contributed by atoms with Gasteiger partial charge in [0.15, 0.2) is 0 Å². The lowest BCUT2D eigenvalue weighted by atomic mass is 9.96. The average molecular weight is 361 g/mol. The summed E-state index contributed by atoms with van der Waals surface area (Å²) in [4.78, 5) is 19.0. The van der Waals surface area contributed by atoms with E-state index in [-0.39, 0.29) is 6.03 Å². The minimum atomic E-state index is -0.0453. The summed E-state index contributed by atoms with van der Waals surface area (Å²) in [6.45, 7) is 7.77. The van der Waals surface area contributed by atoms with Gasteiger partial charge >= 0.3 is 6.03 Å². The van der Waals surface area contributed by atoms with E-state index >= 15 is 0 Å². The van der Waals surface area contributed by atoms with Crippen LogP contribution in [-0.2, 0) is 0 Å². The molecule has 25 heavy (non-hydrogen) atoms. The van der Waals surface area contributed by atoms with Gasteiger partial charge in [-0.1, -0.05) is 11.6 Å². The molecule has 1 fully saturated rings. The van der Waals surface area contributed by atoms with Gasteiger partial charge in [0.2, 0.25) is 0 Å². The van der Waals surface area contributed by atoms with Crippen LogP contribution in [0.5, 0.6) is 0 Å². The van der Waals surface area contributed by atoms with E-state index in [1.54, 1.807) is 6.07 Å². The van der Waals surface area contributed by atoms with Crippen LogP contribution in [0.4, 0.5) is 10.5 Å². The summed E-state index contributed by atoms with van der Waals surface area (Å²) in [5.41, 5.74) is 1.78. The number of hydrogen-bond donors (Lipinski definition) is 1. The van der Waals surface area contributed by atoms with Gasteiger partial charge in [0.25, 0.3) is 0 Å². The van der Waals surface area contributed by atoms with Crippen molar-refractivity contribution in [3.8, 4) is 0 Å². The molecule has 0 bridgehead atoms. The quantitative estimate of drug-likeness (QED) is 0.851. The summed E-state index contributed by atoms with van der Waals surface area (Å²) in [5, 5.41) is 3.67. The van der Waals surface area contributed by atoms with Gasteiger partial charge in [-0.3, -0.25) is 0 Å². The van der Waals surface area contributed by atoms with Crippen molar-refractivity contribution < 1.29 is 4.79 Å². The molecule has 1 saturated heterocycles. The number of halogens is 1. The van der Waals surface area contributed by atoms with Crippen LogP contribution >= 0.6 is 11.6 Å². The number of anilines is 1. The molecule has 0 atom stereocenters. The van der Waals surface area contributed by atoms with Crippen molar-refractivity contribution in [1.82, 2.24) is 14.5 Å². The number of benzene rings is 1. The first-order chi connectivity index (χ1) is 12.0. The fraction of sp³-hybridized carbons (Fsp3) is 0.474. The monoisotopic (exact) mass is 360 g/mol. The second-order valence-electron chi connectivity index (χ2n) is 6.94. The van der Waals surface area contributed by atoms with Gasteiger partial charge in [-0.2, -0.15) is 0 Å². The van der Waals surface area contributed by atoms with E-state index in [9.17, 15) is 4.79 Å². The molecule has 0 aliphatic carbocycles. The maximum atomic E-state index is 12.5. The van der Waals surface area contributed by atoms with Gasteiger partial charge in [-0.25, -0.2) is 9.78 Å². The van der Waals surface area contributed by atoms with Crippen LogP contribution in [0.15, 0.2) is 30.6 Å². The number of hydrogen-bond acceptors (Lipinski definition) is 2. The second-order valence-corrected chi connectivity index (χ2v) is 7.37. The van der Waals surface area contributed by atoms with Crippen molar-refractivity contribution in [3.05, 3.63) is 47.0 Å². The highest BCUT2D eigenvalue weighted by Crippen LogP contribution is 2.29. The minimum Gasteiger partial charge on any atom is -0.332 e. The number of carbonyl (C=O) groups is 1. The molecule has 0 radical (unpaired) electrons. The average Bonchev–Trinajstić information content (AvgIpc) is 3.07. The molecule has 0 saturated carbocycles. The highest BCUT2D eigenvalue weighted by molar-refractivity contribution is 6.30. The number of nitrogens with one attached hydrogen (secondary N) is 1. The van der Waals surface area contributed by atoms with Crippen LogP contribution in [0.1, 0.15) is 50.0 Å². The molecular formula is C19H25ClN4O. The van der Waals surface area contributed by atoms with E-state index in [1.165, 1.54) is 0 Å². The van der Waals surface area contributed by atoms with E-state index in [4.69, 9.17) is 11.6 Å². The number of likely N-dealkylation sites (tertiary alicyclic amines) is 1. The molecule has 2 amide bonds. The smallest absolute Gasteiger partial charge is 0.321 e. The number of piperidine rings is 1. The Morgan fingerprint density at radius 3 is 2.68 bits per heavy atom. The van der Waals surface area contributed by atoms with Gasteiger partial charge < -0.3 is 14.8 Å². The molecule has 2 aromatic rings. The number of nitrogens with zero attached hydrogens (tertiary/aromatic N) is 3. The van der Waals surface area contributed by atoms with Crippen LogP contribution in [0, 0.1) is 6.92 Å². The summed E-state index contributed by atoms with van der Waals surface area (Å²) in [7, 11) is 0. The summed E-state index contributed by atoms with van der Waals surface area (Å²) in [6, 6.07) is 5.86. The third-order valence-electron chi connectivity index (χ3n) is 4.83. The van der Waals surface area contributed by atoms with Crippen molar-refractivity contribution in [2.75, 3.05) is 18.4 Å². The predicted molar refractivity (Wildman–Crippen MR) is 101 cm³/mol. The molecule has 1 aromatic heterocycles. The van der Waals surface area contributed by atoms with E-state index in [1.807, 2.05) is 36.4 Å². The Morgan fingerprint density at radius 2 is 2.04 bits per heavy atom. The first-order valence-corrected chi connectivity index (χ1v) is 9.18. The summed E-state index contributed by atoms with van der Waals surface area (Å²) < 4.78 is 2.23. The number of urea groups is 1. The molecule has 1 aliphatic heterocycles. The van der Waals surface area contributed by atoms with Crippen LogP contribution in [-0.4, -0.2) is 33.6 Å². The summed E-state index contributed by atoms with van der Waals surface area (Å²) in [6.07, 6.45) is 5.80. The zero-order valence-corrected chi connectivity index (χ0v) is 15.8. The molecule has 1 aromatic carbocycles. The van der Waals surface area contributed by atoms with Crippen molar-refractivity contribution in [1.29, 1.82) is 0 Å². The Hall–Kier alpha value is -2.01. The van der Waals surface area contributed by atoms with Crippen molar-refractivity contribution in [3.63, 3.8) is 0 Å². The van der Waals surface area contributed by atoms with Crippen LogP contribution in [0.3, 0.4) is 0 Å². The maximum Gasteiger partial charge on any atom is 0.321 e. The summed E-state index contributed by atoms with van der Waals surface area (Å²) in [5.74, 6) is 1.56. The molecule has 2 heterocycles. The SMILES string of the molecule is Cc1cc(Cl)ccc1NC(=O)N1CCC(c2nccn2C(C)C)CC1. The Balaban J connectivity index is 1.60. The fourth-order valence-electron chi connectivity index (χ4n) is 3.38. The van der Waals surface area contributed by atoms with Crippen LogP contribution in [0.25, 0.3) is 0 Å². The third kappa shape index (κ3) is 3.98. The Labute approximate surface area is 154 Å². The van der Waals surface area contributed by atoms with Crippen molar-refractivity contribution >= 4 is 23.3 Å². The fourth-order valence-corrected chi connectivity index (χ4v) is 3.61. The van der Waals surface area contributed by atoms with Crippen molar-refractivity contribution in [2.45, 2.75) is 45.6 Å². The van der Waals surface area contributed by atoms with E-state index in [0.717, 1.165) is 43.0 Å². The Kier molecular flexibility index (Phi) is 5.33. The van der Waals surface area contributed by atoms with Gasteiger partial charge in [-0.05, 0) is 57.4 Å². The molecular weight excluding hydrogens is 336 g/mol. The van der Waals surface area contributed by atoms with Gasteiger partial charge in [0.1, 0.15) is 5.82 Å². The normalized spacial score (nSPS) is 15.6. The number of rotatable bonds is 3. The number of aromatic nitrogens is 2. The Morgan fingerprint density at radius 1 is 1.32 bits per heavy atom. The molecule has 0 unspecified atom stereocenters. The highest BCUT2D eigenvalue weighted by Gasteiger charge is 2.27. The number of aryl methyl sites for hydroxylation is 1. The van der Waals surface area contributed by atoms with Gasteiger partial charge in [-0.15, -0.1) is 0 Å².